The van der Waals surface area contributed by atoms with E-state index in [9.17, 15) is 9.59 Å². The van der Waals surface area contributed by atoms with Gasteiger partial charge in [-0.3, -0.25) is 14.5 Å². The van der Waals surface area contributed by atoms with Crippen molar-refractivity contribution in [3.05, 3.63) is 83.4 Å². The molecule has 0 N–H and O–H groups in total. The van der Waals surface area contributed by atoms with E-state index in [0.717, 1.165) is 16.3 Å². The Bertz CT molecular complexity index is 1000. The monoisotopic (exact) mass is 311 g/mol. The molecule has 0 saturated carbocycles. The first-order chi connectivity index (χ1) is 11.8. The highest BCUT2D eigenvalue weighted by atomic mass is 16.2. The van der Waals surface area contributed by atoms with E-state index < -0.39 is 0 Å². The molecular formula is C21H13NO2. The van der Waals surface area contributed by atoms with Gasteiger partial charge in [-0.2, -0.15) is 0 Å². The van der Waals surface area contributed by atoms with Gasteiger partial charge in [-0.15, -0.1) is 0 Å². The number of hydrogen-bond acceptors (Lipinski definition) is 2. The maximum absolute atomic E-state index is 12.3. The Kier molecular flexibility index (Phi) is 3.36. The van der Waals surface area contributed by atoms with E-state index in [0.29, 0.717) is 11.1 Å². The normalized spacial score (nSPS) is 12.9. The molecule has 114 valence electrons. The molecule has 0 bridgehead atoms. The van der Waals surface area contributed by atoms with E-state index in [2.05, 4.69) is 11.8 Å². The molecule has 2 amide bonds. The molecule has 0 atom stereocenters. The fourth-order valence-electron chi connectivity index (χ4n) is 2.93. The summed E-state index contributed by atoms with van der Waals surface area (Å²) in [5.74, 6) is 5.50. The van der Waals surface area contributed by atoms with E-state index in [1.54, 1.807) is 24.3 Å². The summed E-state index contributed by atoms with van der Waals surface area (Å²) in [7, 11) is 0. The molecule has 1 aliphatic heterocycles. The Morgan fingerprint density at radius 1 is 0.750 bits per heavy atom. The zero-order valence-corrected chi connectivity index (χ0v) is 12.8. The second-order valence-corrected chi connectivity index (χ2v) is 5.57. The van der Waals surface area contributed by atoms with Crippen LogP contribution in [0, 0.1) is 11.8 Å². The number of imide groups is 1. The SMILES string of the molecule is O=C1c2ccccc2C(=O)N1CC#Cc1cccc2ccccc12. The molecule has 1 aliphatic rings. The molecule has 3 aromatic carbocycles. The topological polar surface area (TPSA) is 37.4 Å². The van der Waals surface area contributed by atoms with Crippen LogP contribution in [0.2, 0.25) is 0 Å². The van der Waals surface area contributed by atoms with Crippen molar-refractivity contribution in [2.45, 2.75) is 0 Å². The van der Waals surface area contributed by atoms with Gasteiger partial charge in [0, 0.05) is 5.56 Å². The van der Waals surface area contributed by atoms with Crippen LogP contribution in [0.5, 0.6) is 0 Å². The van der Waals surface area contributed by atoms with Gasteiger partial charge in [0.05, 0.1) is 17.7 Å². The van der Waals surface area contributed by atoms with Crippen LogP contribution in [0.15, 0.2) is 66.7 Å². The molecule has 3 heteroatoms. The van der Waals surface area contributed by atoms with Crippen molar-refractivity contribution in [1.29, 1.82) is 0 Å². The lowest BCUT2D eigenvalue weighted by Crippen LogP contribution is -2.29. The second kappa shape index (κ2) is 5.68. The minimum Gasteiger partial charge on any atom is -0.269 e. The Labute approximate surface area is 139 Å². The number of nitrogens with zero attached hydrogens (tertiary/aromatic N) is 1. The number of carbonyl (C=O) groups is 2. The Morgan fingerprint density at radius 3 is 2.12 bits per heavy atom. The predicted octanol–water partition coefficient (Wildman–Crippen LogP) is 3.49. The number of rotatable bonds is 1. The Hall–Kier alpha value is -3.38. The quantitative estimate of drug-likeness (QED) is 0.509. The first kappa shape index (κ1) is 14.2. The molecule has 0 saturated heterocycles. The fraction of sp³-hybridized carbons (Fsp3) is 0.0476. The van der Waals surface area contributed by atoms with Crippen molar-refractivity contribution in [3.8, 4) is 11.8 Å². The van der Waals surface area contributed by atoms with Crippen molar-refractivity contribution >= 4 is 22.6 Å². The molecule has 3 aromatic rings. The largest absolute Gasteiger partial charge is 0.269 e. The maximum Gasteiger partial charge on any atom is 0.262 e. The molecule has 24 heavy (non-hydrogen) atoms. The summed E-state index contributed by atoms with van der Waals surface area (Å²) >= 11 is 0. The molecule has 4 rings (SSSR count). The van der Waals surface area contributed by atoms with Gasteiger partial charge in [0.2, 0.25) is 0 Å². The van der Waals surface area contributed by atoms with Crippen LogP contribution < -0.4 is 0 Å². The highest BCUT2D eigenvalue weighted by Crippen LogP contribution is 2.22. The van der Waals surface area contributed by atoms with Crippen molar-refractivity contribution < 1.29 is 9.59 Å². The Balaban J connectivity index is 1.62. The van der Waals surface area contributed by atoms with Crippen LogP contribution in [-0.2, 0) is 0 Å². The van der Waals surface area contributed by atoms with Crippen LogP contribution >= 0.6 is 0 Å². The number of hydrogen-bond donors (Lipinski definition) is 0. The summed E-state index contributed by atoms with van der Waals surface area (Å²) in [6.07, 6.45) is 0. The number of fused-ring (bicyclic) bond motifs is 2. The van der Waals surface area contributed by atoms with Gasteiger partial charge in [0.15, 0.2) is 0 Å². The number of amides is 2. The number of benzene rings is 3. The summed E-state index contributed by atoms with van der Waals surface area (Å²) in [5.41, 5.74) is 1.80. The molecule has 1 heterocycles. The zero-order valence-electron chi connectivity index (χ0n) is 12.8. The summed E-state index contributed by atoms with van der Waals surface area (Å²) in [6.45, 7) is 0.0928. The van der Waals surface area contributed by atoms with Crippen LogP contribution in [0.25, 0.3) is 10.8 Å². The van der Waals surface area contributed by atoms with E-state index in [4.69, 9.17) is 0 Å². The molecule has 0 aromatic heterocycles. The minimum absolute atomic E-state index is 0.0928. The van der Waals surface area contributed by atoms with Gasteiger partial charge >= 0.3 is 0 Å². The molecule has 0 unspecified atom stereocenters. The smallest absolute Gasteiger partial charge is 0.262 e. The third-order valence-corrected chi connectivity index (χ3v) is 4.13. The van der Waals surface area contributed by atoms with Crippen LogP contribution in [-0.4, -0.2) is 23.3 Å². The van der Waals surface area contributed by atoms with Crippen LogP contribution in [0.1, 0.15) is 26.3 Å². The van der Waals surface area contributed by atoms with E-state index in [1.807, 2.05) is 42.5 Å². The third-order valence-electron chi connectivity index (χ3n) is 4.13. The second-order valence-electron chi connectivity index (χ2n) is 5.57. The lowest BCUT2D eigenvalue weighted by Gasteiger charge is -2.08. The van der Waals surface area contributed by atoms with E-state index in [1.165, 1.54) is 4.90 Å². The highest BCUT2D eigenvalue weighted by molar-refractivity contribution is 6.21. The van der Waals surface area contributed by atoms with Gasteiger partial charge in [0.1, 0.15) is 0 Å². The molecule has 0 fully saturated rings. The Morgan fingerprint density at radius 2 is 1.38 bits per heavy atom. The first-order valence-corrected chi connectivity index (χ1v) is 7.67. The van der Waals surface area contributed by atoms with Gasteiger partial charge in [-0.25, -0.2) is 0 Å². The van der Waals surface area contributed by atoms with Crippen molar-refractivity contribution in [2.75, 3.05) is 6.54 Å². The first-order valence-electron chi connectivity index (χ1n) is 7.67. The molecule has 0 radical (unpaired) electrons. The van der Waals surface area contributed by atoms with Crippen LogP contribution in [0.3, 0.4) is 0 Å². The van der Waals surface area contributed by atoms with E-state index >= 15 is 0 Å². The molecule has 3 nitrogen and oxygen atoms in total. The van der Waals surface area contributed by atoms with Gasteiger partial charge in [-0.05, 0) is 29.0 Å². The molecule has 0 aliphatic carbocycles. The van der Waals surface area contributed by atoms with Crippen molar-refractivity contribution in [2.24, 2.45) is 0 Å². The summed E-state index contributed by atoms with van der Waals surface area (Å²) in [5, 5.41) is 2.18. The zero-order chi connectivity index (χ0) is 16.5. The van der Waals surface area contributed by atoms with Crippen molar-refractivity contribution in [1.82, 2.24) is 4.90 Å². The summed E-state index contributed by atoms with van der Waals surface area (Å²) in [6, 6.07) is 20.8. The molecule has 0 spiro atoms. The molecular weight excluding hydrogens is 298 g/mol. The predicted molar refractivity (Wildman–Crippen MR) is 92.6 cm³/mol. The fourth-order valence-corrected chi connectivity index (χ4v) is 2.93. The standard InChI is InChI=1S/C21H13NO2/c23-20-18-12-3-4-13-19(18)21(24)22(20)14-6-10-16-9-5-8-15-7-1-2-11-17(15)16/h1-5,7-9,11-13H,14H2. The van der Waals surface area contributed by atoms with Crippen LogP contribution in [0.4, 0.5) is 0 Å². The maximum atomic E-state index is 12.3. The summed E-state index contributed by atoms with van der Waals surface area (Å²) < 4.78 is 0. The lowest BCUT2D eigenvalue weighted by molar-refractivity contribution is 0.0675. The number of carbonyl (C=O) groups excluding carboxylic acids is 2. The van der Waals surface area contributed by atoms with Crippen molar-refractivity contribution in [3.63, 3.8) is 0 Å². The highest BCUT2D eigenvalue weighted by Gasteiger charge is 2.34. The van der Waals surface area contributed by atoms with Gasteiger partial charge < -0.3 is 0 Å². The summed E-state index contributed by atoms with van der Waals surface area (Å²) in [4.78, 5) is 25.8. The van der Waals surface area contributed by atoms with Gasteiger partial charge in [-0.1, -0.05) is 60.4 Å². The van der Waals surface area contributed by atoms with Gasteiger partial charge in [0.25, 0.3) is 11.8 Å². The van der Waals surface area contributed by atoms with E-state index in [-0.39, 0.29) is 18.4 Å². The minimum atomic E-state index is -0.275. The lowest BCUT2D eigenvalue weighted by atomic mass is 10.1. The third kappa shape index (κ3) is 2.26. The average Bonchev–Trinajstić information content (AvgIpc) is 2.87. The average molecular weight is 311 g/mol.